The summed E-state index contributed by atoms with van der Waals surface area (Å²) in [5.74, 6) is 0. The van der Waals surface area contributed by atoms with Crippen molar-refractivity contribution in [2.75, 3.05) is 0 Å². The molecule has 3 heteroatoms. The second kappa shape index (κ2) is 14.4. The van der Waals surface area contributed by atoms with Gasteiger partial charge in [0.2, 0.25) is 0 Å². The maximum Gasteiger partial charge on any atom is 0 e. The number of hydrogen-bond acceptors (Lipinski definition) is 0. The summed E-state index contributed by atoms with van der Waals surface area (Å²) in [5, 5.41) is 3.29. The van der Waals surface area contributed by atoms with Crippen molar-refractivity contribution in [3.05, 3.63) is 48.5 Å². The Kier molecular flexibility index (Phi) is 12.7. The Morgan fingerprint density at radius 1 is 0.677 bits per heavy atom. The molecule has 4 rings (SSSR count). The van der Waals surface area contributed by atoms with E-state index in [4.69, 9.17) is 0 Å². The third kappa shape index (κ3) is 8.11. The van der Waals surface area contributed by atoms with Gasteiger partial charge in [-0.25, -0.2) is 12.1 Å². The van der Waals surface area contributed by atoms with Crippen LogP contribution >= 0.6 is 15.8 Å². The van der Waals surface area contributed by atoms with Crippen LogP contribution in [0.5, 0.6) is 0 Å². The summed E-state index contributed by atoms with van der Waals surface area (Å²) in [5.41, 5.74) is 3.73. The molecule has 0 N–H and O–H groups in total. The first-order valence-corrected chi connectivity index (χ1v) is 15.5. The predicted molar refractivity (Wildman–Crippen MR) is 141 cm³/mol. The Hall–Kier alpha value is 0.0795. The monoisotopic (exact) mass is 498 g/mol. The van der Waals surface area contributed by atoms with Crippen molar-refractivity contribution in [3.8, 4) is 0 Å². The molecule has 0 bridgehead atoms. The van der Waals surface area contributed by atoms with Gasteiger partial charge in [0.25, 0.3) is 0 Å². The number of hydrogen-bond donors (Lipinski definition) is 0. The van der Waals surface area contributed by atoms with Crippen molar-refractivity contribution in [2.45, 2.75) is 115 Å². The molecule has 0 spiro atoms. The predicted octanol–water partition coefficient (Wildman–Crippen LogP) is 8.51. The summed E-state index contributed by atoms with van der Waals surface area (Å²) in [7, 11) is 0.208. The molecule has 0 nitrogen and oxygen atoms in total. The van der Waals surface area contributed by atoms with Crippen LogP contribution in [-0.2, 0) is 17.1 Å². The van der Waals surface area contributed by atoms with E-state index in [1.807, 2.05) is 0 Å². The minimum atomic E-state index is 0. The standard InChI is InChI=1S/2C14H22P.Fe/c2*1-12(2)15(14-10-6-7-11-14)13-8-4-3-5-9-13;/h2*6-7,10-13H,3-5,8-9H2,1-2H3;/q-5;-1;. The average Bonchev–Trinajstić information content (AvgIpc) is 3.45. The molecule has 31 heavy (non-hydrogen) atoms. The van der Waals surface area contributed by atoms with Gasteiger partial charge in [-0.05, 0) is 37.0 Å². The van der Waals surface area contributed by atoms with Crippen molar-refractivity contribution in [1.29, 1.82) is 0 Å². The van der Waals surface area contributed by atoms with E-state index in [1.54, 1.807) is 10.6 Å². The van der Waals surface area contributed by atoms with Gasteiger partial charge in [-0.1, -0.05) is 77.5 Å². The van der Waals surface area contributed by atoms with Crippen molar-refractivity contribution < 1.29 is 17.1 Å². The molecule has 2 aromatic rings. The maximum atomic E-state index is 2.41. The second-order valence-electron chi connectivity index (χ2n) is 9.87. The first-order valence-electron chi connectivity index (χ1n) is 12.6. The van der Waals surface area contributed by atoms with Crippen LogP contribution in [0, 0.1) is 0 Å². The molecule has 0 radical (unpaired) electrons. The Bertz CT molecular complexity index is 602. The molecule has 2 aliphatic carbocycles. The van der Waals surface area contributed by atoms with Crippen molar-refractivity contribution in [1.82, 2.24) is 0 Å². The molecule has 2 fully saturated rings. The molecular formula is C28H44FeP2-6. The van der Waals surface area contributed by atoms with E-state index >= 15 is 0 Å². The van der Waals surface area contributed by atoms with Crippen LogP contribution in [0.4, 0.5) is 0 Å². The normalized spacial score (nSPS) is 20.1. The molecule has 0 heterocycles. The average molecular weight is 498 g/mol. The summed E-state index contributed by atoms with van der Waals surface area (Å²) < 4.78 is 0. The van der Waals surface area contributed by atoms with E-state index in [9.17, 15) is 0 Å². The molecule has 2 unspecified atom stereocenters. The van der Waals surface area contributed by atoms with E-state index in [-0.39, 0.29) is 32.9 Å². The minimum absolute atomic E-state index is 0. The fraction of sp³-hybridized carbons (Fsp3) is 0.643. The zero-order valence-electron chi connectivity index (χ0n) is 20.2. The topological polar surface area (TPSA) is 0 Å². The fourth-order valence-corrected chi connectivity index (χ4v) is 12.2. The molecular weight excluding hydrogens is 454 g/mol. The minimum Gasteiger partial charge on any atom is -0.747 e. The fourth-order valence-electron chi connectivity index (χ4n) is 5.65. The molecule has 2 atom stereocenters. The molecule has 180 valence electrons. The quantitative estimate of drug-likeness (QED) is 0.213. The summed E-state index contributed by atoms with van der Waals surface area (Å²) in [6.07, 6.45) is 14.7. The van der Waals surface area contributed by atoms with E-state index in [0.29, 0.717) is 0 Å². The molecule has 0 aliphatic heterocycles. The van der Waals surface area contributed by atoms with Crippen LogP contribution in [0.1, 0.15) is 91.9 Å². The van der Waals surface area contributed by atoms with Gasteiger partial charge in [-0.15, -0.1) is 13.2 Å². The Balaban J connectivity index is 0.000000213. The molecule has 2 aromatic carbocycles. The van der Waals surface area contributed by atoms with Gasteiger partial charge in [-0.2, -0.15) is 12.1 Å². The second-order valence-corrected chi connectivity index (χ2v) is 16.1. The van der Waals surface area contributed by atoms with Gasteiger partial charge in [0.1, 0.15) is 0 Å². The zero-order chi connectivity index (χ0) is 21.3. The van der Waals surface area contributed by atoms with E-state index in [2.05, 4.69) is 76.2 Å². The van der Waals surface area contributed by atoms with Gasteiger partial charge in [-0.3, -0.25) is 7.92 Å². The van der Waals surface area contributed by atoms with E-state index in [1.165, 1.54) is 64.2 Å². The SMILES string of the molecule is CC(C)P([c-]1[cH-][cH-][cH-][cH-]1)C1CCCCC1.CC(C)P([c-]1cccc1)C1CCCCC1.[Fe]. The van der Waals surface area contributed by atoms with Gasteiger partial charge in [0.15, 0.2) is 0 Å². The van der Waals surface area contributed by atoms with Gasteiger partial charge in [0.05, 0.1) is 0 Å². The van der Waals surface area contributed by atoms with Crippen molar-refractivity contribution >= 4 is 26.5 Å². The molecule has 2 aliphatic rings. The molecule has 2 saturated carbocycles. The number of rotatable bonds is 6. The van der Waals surface area contributed by atoms with Gasteiger partial charge < -0.3 is 29.6 Å². The molecule has 0 saturated heterocycles. The van der Waals surface area contributed by atoms with E-state index < -0.39 is 0 Å². The largest absolute Gasteiger partial charge is 0.747 e. The summed E-state index contributed by atoms with van der Waals surface area (Å²) >= 11 is 0. The Morgan fingerprint density at radius 2 is 1.10 bits per heavy atom. The third-order valence-electron chi connectivity index (χ3n) is 6.94. The van der Waals surface area contributed by atoms with Gasteiger partial charge in [0, 0.05) is 17.1 Å². The van der Waals surface area contributed by atoms with E-state index in [0.717, 1.165) is 22.6 Å². The summed E-state index contributed by atoms with van der Waals surface area (Å²) in [4.78, 5) is 0. The molecule has 0 amide bonds. The molecule has 0 aromatic heterocycles. The maximum absolute atomic E-state index is 2.41. The summed E-state index contributed by atoms with van der Waals surface area (Å²) in [6, 6.07) is 18.2. The Morgan fingerprint density at radius 3 is 1.52 bits per heavy atom. The first-order chi connectivity index (χ1) is 14.6. The van der Waals surface area contributed by atoms with Crippen LogP contribution in [-0.4, -0.2) is 22.6 Å². The van der Waals surface area contributed by atoms with Crippen LogP contribution < -0.4 is 10.6 Å². The van der Waals surface area contributed by atoms with Crippen LogP contribution in [0.25, 0.3) is 0 Å². The first kappa shape index (κ1) is 27.3. The van der Waals surface area contributed by atoms with Crippen molar-refractivity contribution in [3.63, 3.8) is 0 Å². The van der Waals surface area contributed by atoms with Crippen molar-refractivity contribution in [2.24, 2.45) is 0 Å². The van der Waals surface area contributed by atoms with Crippen LogP contribution in [0.3, 0.4) is 0 Å². The zero-order valence-corrected chi connectivity index (χ0v) is 23.1. The van der Waals surface area contributed by atoms with Gasteiger partial charge >= 0.3 is 0 Å². The van der Waals surface area contributed by atoms with Crippen LogP contribution in [0.15, 0.2) is 48.5 Å². The smallest absolute Gasteiger partial charge is 0 e. The summed E-state index contributed by atoms with van der Waals surface area (Å²) in [6.45, 7) is 9.64. The van der Waals surface area contributed by atoms with Crippen LogP contribution in [0.2, 0.25) is 0 Å². The Labute approximate surface area is 206 Å². The third-order valence-corrected chi connectivity index (χ3v) is 13.6.